The molecule has 24 heavy (non-hydrogen) atoms. The van der Waals surface area contributed by atoms with Gasteiger partial charge in [0.25, 0.3) is 0 Å². The van der Waals surface area contributed by atoms with Crippen molar-refractivity contribution in [3.63, 3.8) is 0 Å². The van der Waals surface area contributed by atoms with Crippen molar-refractivity contribution in [2.75, 3.05) is 19.0 Å². The zero-order chi connectivity index (χ0) is 17.7. The number of nitrogens with one attached hydrogen (secondary N) is 2. The smallest absolute Gasteiger partial charge is 0.214 e. The quantitative estimate of drug-likeness (QED) is 0.764. The van der Waals surface area contributed by atoms with Crippen molar-refractivity contribution >= 4 is 27.3 Å². The van der Waals surface area contributed by atoms with Crippen LogP contribution in [0.3, 0.4) is 0 Å². The molecule has 0 unspecified atom stereocenters. The molecule has 0 saturated heterocycles. The van der Waals surface area contributed by atoms with Gasteiger partial charge in [0.15, 0.2) is 0 Å². The maximum atomic E-state index is 11.9. The molecule has 0 aromatic heterocycles. The van der Waals surface area contributed by atoms with Gasteiger partial charge >= 0.3 is 0 Å². The molecule has 136 valence electrons. The van der Waals surface area contributed by atoms with Crippen molar-refractivity contribution in [2.24, 2.45) is 5.92 Å². The first kappa shape index (κ1) is 19.3. The molecule has 2 N–H and O–H groups in total. The van der Waals surface area contributed by atoms with Crippen molar-refractivity contribution in [2.45, 2.75) is 50.8 Å². The summed E-state index contributed by atoms with van der Waals surface area (Å²) in [4.78, 5) is 0. The first-order valence-electron chi connectivity index (χ1n) is 8.40. The van der Waals surface area contributed by atoms with Crippen molar-refractivity contribution in [3.8, 4) is 5.75 Å². The molecule has 7 heteroatoms. The monoisotopic (exact) mass is 374 g/mol. The summed E-state index contributed by atoms with van der Waals surface area (Å²) in [5.74, 6) is 1.21. The molecule has 0 heterocycles. The molecule has 1 saturated carbocycles. The van der Waals surface area contributed by atoms with Gasteiger partial charge < -0.3 is 10.1 Å². The van der Waals surface area contributed by atoms with Crippen molar-refractivity contribution in [1.82, 2.24) is 4.72 Å². The molecule has 0 radical (unpaired) electrons. The van der Waals surface area contributed by atoms with E-state index in [0.29, 0.717) is 16.7 Å². The summed E-state index contributed by atoms with van der Waals surface area (Å²) >= 11 is 6.13. The van der Waals surface area contributed by atoms with Gasteiger partial charge in [0.1, 0.15) is 5.75 Å². The predicted octanol–water partition coefficient (Wildman–Crippen LogP) is 3.65. The van der Waals surface area contributed by atoms with Crippen LogP contribution in [0.1, 0.15) is 39.5 Å². The van der Waals surface area contributed by atoms with Crippen molar-refractivity contribution < 1.29 is 13.2 Å². The Bertz CT molecular complexity index is 641. The molecule has 0 aliphatic heterocycles. The summed E-state index contributed by atoms with van der Waals surface area (Å²) in [6.07, 6.45) is 3.81. The summed E-state index contributed by atoms with van der Waals surface area (Å²) in [7, 11) is -1.58. The molecule has 0 spiro atoms. The third kappa shape index (κ3) is 5.26. The van der Waals surface area contributed by atoms with Crippen LogP contribution >= 0.6 is 11.6 Å². The Balaban J connectivity index is 1.78. The van der Waals surface area contributed by atoms with Crippen molar-refractivity contribution in [3.05, 3.63) is 23.2 Å². The molecule has 1 aromatic rings. The van der Waals surface area contributed by atoms with E-state index in [2.05, 4.69) is 10.0 Å². The second-order valence-corrected chi connectivity index (χ2v) is 9.34. The Labute approximate surface area is 150 Å². The lowest BCUT2D eigenvalue weighted by Gasteiger charge is -2.29. The minimum atomic E-state index is -3.17. The number of rotatable bonds is 7. The van der Waals surface area contributed by atoms with Crippen LogP contribution < -0.4 is 14.8 Å². The molecule has 2 rings (SSSR count). The van der Waals surface area contributed by atoms with Gasteiger partial charge in [-0.05, 0) is 63.6 Å². The molecule has 1 aliphatic rings. The fourth-order valence-electron chi connectivity index (χ4n) is 2.89. The number of hydrogen-bond acceptors (Lipinski definition) is 4. The molecule has 0 atom stereocenters. The maximum absolute atomic E-state index is 11.9. The summed E-state index contributed by atoms with van der Waals surface area (Å²) in [5, 5.41) is 3.62. The average Bonchev–Trinajstić information content (AvgIpc) is 2.54. The molecule has 1 aromatic carbocycles. The largest absolute Gasteiger partial charge is 0.495 e. The molecule has 1 aliphatic carbocycles. The highest BCUT2D eigenvalue weighted by Gasteiger charge is 2.26. The van der Waals surface area contributed by atoms with Gasteiger partial charge in [0, 0.05) is 18.3 Å². The molecule has 0 amide bonds. The summed E-state index contributed by atoms with van der Waals surface area (Å²) < 4.78 is 31.8. The van der Waals surface area contributed by atoms with Gasteiger partial charge in [0.05, 0.1) is 17.4 Å². The van der Waals surface area contributed by atoms with E-state index in [1.807, 2.05) is 18.2 Å². The van der Waals surface area contributed by atoms with E-state index in [0.717, 1.165) is 37.9 Å². The van der Waals surface area contributed by atoms with Gasteiger partial charge in [-0.2, -0.15) is 0 Å². The molecular weight excluding hydrogens is 348 g/mol. The van der Waals surface area contributed by atoms with Crippen LogP contribution in [0.15, 0.2) is 18.2 Å². The van der Waals surface area contributed by atoms with Gasteiger partial charge in [-0.3, -0.25) is 0 Å². The minimum absolute atomic E-state index is 0.0732. The van der Waals surface area contributed by atoms with E-state index >= 15 is 0 Å². The first-order chi connectivity index (χ1) is 11.3. The van der Waals surface area contributed by atoms with Gasteiger partial charge in [0.2, 0.25) is 10.0 Å². The Kier molecular flexibility index (Phi) is 6.78. The van der Waals surface area contributed by atoms with Crippen LogP contribution in [0.5, 0.6) is 5.75 Å². The maximum Gasteiger partial charge on any atom is 0.214 e. The number of benzene rings is 1. The lowest BCUT2D eigenvalue weighted by atomic mass is 9.86. The minimum Gasteiger partial charge on any atom is -0.495 e. The lowest BCUT2D eigenvalue weighted by Crippen LogP contribution is -2.41. The number of sulfonamides is 1. The Hall–Kier alpha value is -0.980. The van der Waals surface area contributed by atoms with Crippen LogP contribution in [-0.2, 0) is 10.0 Å². The van der Waals surface area contributed by atoms with Gasteiger partial charge in [-0.1, -0.05) is 11.6 Å². The Morgan fingerprint density at radius 1 is 1.25 bits per heavy atom. The van der Waals surface area contributed by atoms with E-state index in [9.17, 15) is 8.42 Å². The van der Waals surface area contributed by atoms with Crippen LogP contribution in [0.25, 0.3) is 0 Å². The molecule has 5 nitrogen and oxygen atoms in total. The topological polar surface area (TPSA) is 67.4 Å². The Morgan fingerprint density at radius 3 is 2.46 bits per heavy atom. The number of methoxy groups -OCH3 is 1. The predicted molar refractivity (Wildman–Crippen MR) is 99.4 cm³/mol. The summed E-state index contributed by atoms with van der Waals surface area (Å²) in [6.45, 7) is 4.28. The Morgan fingerprint density at radius 2 is 1.92 bits per heavy atom. The second-order valence-electron chi connectivity index (χ2n) is 6.66. The van der Waals surface area contributed by atoms with E-state index in [1.54, 1.807) is 21.0 Å². The van der Waals surface area contributed by atoms with Crippen LogP contribution in [-0.4, -0.2) is 33.4 Å². The fraction of sp³-hybridized carbons (Fsp3) is 0.647. The highest BCUT2D eigenvalue weighted by Crippen LogP contribution is 2.29. The van der Waals surface area contributed by atoms with Crippen molar-refractivity contribution in [1.29, 1.82) is 0 Å². The molecule has 0 bridgehead atoms. The summed E-state index contributed by atoms with van der Waals surface area (Å²) in [6, 6.07) is 5.74. The lowest BCUT2D eigenvalue weighted by molar-refractivity contribution is 0.323. The summed E-state index contributed by atoms with van der Waals surface area (Å²) in [5.41, 5.74) is 0.975. The number of ether oxygens (including phenoxy) is 1. The van der Waals surface area contributed by atoms with E-state index in [4.69, 9.17) is 16.3 Å². The average molecular weight is 375 g/mol. The van der Waals surface area contributed by atoms with Crippen LogP contribution in [0.4, 0.5) is 5.69 Å². The van der Waals surface area contributed by atoms with Gasteiger partial charge in [-0.25, -0.2) is 13.1 Å². The third-order valence-electron chi connectivity index (χ3n) is 4.54. The SMILES string of the molecule is COc1ccc(NC[C@H]2CC[C@H](NS(=O)(=O)C(C)C)CC2)cc1Cl. The van der Waals surface area contributed by atoms with Crippen LogP contribution in [0.2, 0.25) is 5.02 Å². The second kappa shape index (κ2) is 8.41. The van der Waals surface area contributed by atoms with E-state index in [-0.39, 0.29) is 11.3 Å². The number of halogens is 1. The normalized spacial score (nSPS) is 21.7. The number of anilines is 1. The van der Waals surface area contributed by atoms with Crippen LogP contribution in [0, 0.1) is 5.92 Å². The molecular formula is C17H27ClN2O3S. The zero-order valence-corrected chi connectivity index (χ0v) is 16.1. The van der Waals surface area contributed by atoms with E-state index < -0.39 is 10.0 Å². The zero-order valence-electron chi connectivity index (χ0n) is 14.5. The van der Waals surface area contributed by atoms with Gasteiger partial charge in [-0.15, -0.1) is 0 Å². The fourth-order valence-corrected chi connectivity index (χ4v) is 4.12. The van der Waals surface area contributed by atoms with E-state index in [1.165, 1.54) is 0 Å². The first-order valence-corrected chi connectivity index (χ1v) is 10.3. The standard InChI is InChI=1S/C17H27ClN2O3S/c1-12(2)24(21,22)20-14-6-4-13(5-7-14)11-19-15-8-9-17(23-3)16(18)10-15/h8-10,12-14,19-20H,4-7,11H2,1-3H3/t13-,14-. The molecule has 1 fully saturated rings. The third-order valence-corrected chi connectivity index (χ3v) is 6.74. The highest BCUT2D eigenvalue weighted by molar-refractivity contribution is 7.90. The number of hydrogen-bond donors (Lipinski definition) is 2. The highest BCUT2D eigenvalue weighted by atomic mass is 35.5.